The van der Waals surface area contributed by atoms with E-state index in [9.17, 15) is 0 Å². The Morgan fingerprint density at radius 2 is 2.27 bits per heavy atom. The van der Waals surface area contributed by atoms with Gasteiger partial charge in [-0.05, 0) is 12.3 Å². The van der Waals surface area contributed by atoms with Crippen LogP contribution in [0.5, 0.6) is 0 Å². The van der Waals surface area contributed by atoms with Crippen molar-refractivity contribution in [1.82, 2.24) is 10.1 Å². The molecule has 0 bridgehead atoms. The van der Waals surface area contributed by atoms with Gasteiger partial charge in [0.05, 0.1) is 18.6 Å². The van der Waals surface area contributed by atoms with E-state index in [0.29, 0.717) is 24.2 Å². The van der Waals surface area contributed by atoms with E-state index in [4.69, 9.17) is 15.0 Å². The van der Waals surface area contributed by atoms with Crippen LogP contribution in [0.3, 0.4) is 0 Å². The lowest BCUT2D eigenvalue weighted by Crippen LogP contribution is -2.18. The molecule has 2 atom stereocenters. The topological polar surface area (TPSA) is 74.2 Å². The summed E-state index contributed by atoms with van der Waals surface area (Å²) in [6, 6.07) is -0.148. The summed E-state index contributed by atoms with van der Waals surface area (Å²) >= 11 is 0. The highest BCUT2D eigenvalue weighted by Crippen LogP contribution is 2.25. The van der Waals surface area contributed by atoms with Gasteiger partial charge >= 0.3 is 0 Å². The summed E-state index contributed by atoms with van der Waals surface area (Å²) in [6.45, 7) is 5.54. The van der Waals surface area contributed by atoms with Gasteiger partial charge in [-0.1, -0.05) is 19.0 Å². The van der Waals surface area contributed by atoms with Crippen LogP contribution in [0.2, 0.25) is 0 Å². The maximum absolute atomic E-state index is 5.93. The zero-order valence-electron chi connectivity index (χ0n) is 9.14. The van der Waals surface area contributed by atoms with Crippen molar-refractivity contribution < 1.29 is 9.26 Å². The van der Waals surface area contributed by atoms with Crippen molar-refractivity contribution in [2.24, 2.45) is 11.7 Å². The van der Waals surface area contributed by atoms with Gasteiger partial charge in [0, 0.05) is 6.61 Å². The number of hydrogen-bond acceptors (Lipinski definition) is 5. The molecule has 0 aliphatic carbocycles. The minimum atomic E-state index is -0.148. The van der Waals surface area contributed by atoms with E-state index in [-0.39, 0.29) is 12.0 Å². The van der Waals surface area contributed by atoms with Crippen molar-refractivity contribution >= 4 is 0 Å². The maximum atomic E-state index is 5.93. The highest BCUT2D eigenvalue weighted by atomic mass is 16.5. The third-order valence-electron chi connectivity index (χ3n) is 2.75. The van der Waals surface area contributed by atoms with Crippen molar-refractivity contribution in [3.05, 3.63) is 11.7 Å². The average molecular weight is 211 g/mol. The van der Waals surface area contributed by atoms with Crippen LogP contribution >= 0.6 is 0 Å². The van der Waals surface area contributed by atoms with E-state index in [1.54, 1.807) is 0 Å². The molecule has 15 heavy (non-hydrogen) atoms. The summed E-state index contributed by atoms with van der Waals surface area (Å²) in [6.07, 6.45) is 0.957. The zero-order chi connectivity index (χ0) is 10.8. The third-order valence-corrected chi connectivity index (χ3v) is 2.75. The Morgan fingerprint density at radius 3 is 2.87 bits per heavy atom. The SMILES string of the molecule is CC(C)C(N)c1noc(C2CCOC2)n1. The summed E-state index contributed by atoms with van der Waals surface area (Å²) in [5, 5.41) is 3.92. The fraction of sp³-hybridized carbons (Fsp3) is 0.800. The van der Waals surface area contributed by atoms with Crippen molar-refractivity contribution in [2.75, 3.05) is 13.2 Å². The fourth-order valence-electron chi connectivity index (χ4n) is 1.58. The molecule has 1 aromatic heterocycles. The molecule has 84 valence electrons. The Labute approximate surface area is 89.0 Å². The van der Waals surface area contributed by atoms with E-state index in [2.05, 4.69) is 10.1 Å². The van der Waals surface area contributed by atoms with Gasteiger partial charge in [-0.3, -0.25) is 0 Å². The molecule has 1 aliphatic rings. The standard InChI is InChI=1S/C10H17N3O2/c1-6(2)8(11)9-12-10(15-13-9)7-3-4-14-5-7/h6-8H,3-5,11H2,1-2H3. The molecule has 0 aromatic carbocycles. The lowest BCUT2D eigenvalue weighted by molar-refractivity contribution is 0.189. The van der Waals surface area contributed by atoms with Gasteiger partial charge in [-0.25, -0.2) is 0 Å². The van der Waals surface area contributed by atoms with E-state index in [0.717, 1.165) is 13.0 Å². The summed E-state index contributed by atoms with van der Waals surface area (Å²) < 4.78 is 10.5. The zero-order valence-corrected chi connectivity index (χ0v) is 9.14. The van der Waals surface area contributed by atoms with Crippen molar-refractivity contribution in [2.45, 2.75) is 32.2 Å². The van der Waals surface area contributed by atoms with Crippen LogP contribution in [0, 0.1) is 5.92 Å². The Bertz CT molecular complexity index is 302. The molecule has 2 N–H and O–H groups in total. The number of ether oxygens (including phenoxy) is 1. The second kappa shape index (κ2) is 4.28. The number of nitrogens with zero attached hydrogens (tertiary/aromatic N) is 2. The Morgan fingerprint density at radius 1 is 1.47 bits per heavy atom. The third kappa shape index (κ3) is 2.18. The van der Waals surface area contributed by atoms with Gasteiger partial charge in [0.15, 0.2) is 5.82 Å². The molecule has 5 heteroatoms. The summed E-state index contributed by atoms with van der Waals surface area (Å²) in [4.78, 5) is 4.33. The maximum Gasteiger partial charge on any atom is 0.232 e. The lowest BCUT2D eigenvalue weighted by atomic mass is 10.1. The molecule has 1 aliphatic heterocycles. The molecule has 1 saturated heterocycles. The van der Waals surface area contributed by atoms with Crippen LogP contribution in [0.15, 0.2) is 4.52 Å². The summed E-state index contributed by atoms with van der Waals surface area (Å²) in [5.41, 5.74) is 5.93. The quantitative estimate of drug-likeness (QED) is 0.813. The van der Waals surface area contributed by atoms with Crippen LogP contribution in [-0.4, -0.2) is 23.4 Å². The Balaban J connectivity index is 2.09. The summed E-state index contributed by atoms with van der Waals surface area (Å²) in [5.74, 6) is 1.84. The molecule has 2 heterocycles. The predicted molar refractivity (Wildman–Crippen MR) is 54.2 cm³/mol. The van der Waals surface area contributed by atoms with Gasteiger partial charge in [0.1, 0.15) is 0 Å². The monoisotopic (exact) mass is 211 g/mol. The van der Waals surface area contributed by atoms with Crippen LogP contribution in [0.25, 0.3) is 0 Å². The average Bonchev–Trinajstić information content (AvgIpc) is 2.86. The largest absolute Gasteiger partial charge is 0.381 e. The molecule has 2 rings (SSSR count). The van der Waals surface area contributed by atoms with Gasteiger partial charge < -0.3 is 15.0 Å². The molecular formula is C10H17N3O2. The van der Waals surface area contributed by atoms with Gasteiger partial charge in [0.25, 0.3) is 0 Å². The van der Waals surface area contributed by atoms with Gasteiger partial charge in [-0.2, -0.15) is 4.98 Å². The first-order valence-corrected chi connectivity index (χ1v) is 5.35. The molecule has 0 saturated carbocycles. The normalized spacial score (nSPS) is 23.6. The first-order valence-electron chi connectivity index (χ1n) is 5.35. The van der Waals surface area contributed by atoms with E-state index in [1.807, 2.05) is 13.8 Å². The highest BCUT2D eigenvalue weighted by molar-refractivity contribution is 4.99. The lowest BCUT2D eigenvalue weighted by Gasteiger charge is -2.09. The molecule has 2 unspecified atom stereocenters. The van der Waals surface area contributed by atoms with Crippen LogP contribution < -0.4 is 5.73 Å². The van der Waals surface area contributed by atoms with Crippen molar-refractivity contribution in [1.29, 1.82) is 0 Å². The van der Waals surface area contributed by atoms with Gasteiger partial charge in [-0.15, -0.1) is 0 Å². The molecule has 1 fully saturated rings. The minimum absolute atomic E-state index is 0.148. The van der Waals surface area contributed by atoms with Crippen LogP contribution in [0.1, 0.15) is 43.9 Å². The Hall–Kier alpha value is -0.940. The van der Waals surface area contributed by atoms with E-state index < -0.39 is 0 Å². The van der Waals surface area contributed by atoms with Crippen molar-refractivity contribution in [3.63, 3.8) is 0 Å². The summed E-state index contributed by atoms with van der Waals surface area (Å²) in [7, 11) is 0. The smallest absolute Gasteiger partial charge is 0.232 e. The van der Waals surface area contributed by atoms with E-state index in [1.165, 1.54) is 0 Å². The second-order valence-electron chi connectivity index (χ2n) is 4.32. The molecular weight excluding hydrogens is 194 g/mol. The molecule has 0 spiro atoms. The number of aromatic nitrogens is 2. The number of hydrogen-bond donors (Lipinski definition) is 1. The predicted octanol–water partition coefficient (Wildman–Crippen LogP) is 1.23. The van der Waals surface area contributed by atoms with Crippen LogP contribution in [-0.2, 0) is 4.74 Å². The molecule has 1 aromatic rings. The fourth-order valence-corrected chi connectivity index (χ4v) is 1.58. The molecule has 0 amide bonds. The highest BCUT2D eigenvalue weighted by Gasteiger charge is 2.25. The molecule has 5 nitrogen and oxygen atoms in total. The van der Waals surface area contributed by atoms with Crippen molar-refractivity contribution in [3.8, 4) is 0 Å². The van der Waals surface area contributed by atoms with E-state index >= 15 is 0 Å². The number of nitrogens with two attached hydrogens (primary N) is 1. The Kier molecular flexibility index (Phi) is 3.02. The minimum Gasteiger partial charge on any atom is -0.381 e. The molecule has 0 radical (unpaired) electrons. The van der Waals surface area contributed by atoms with Gasteiger partial charge in [0.2, 0.25) is 5.89 Å². The number of rotatable bonds is 3. The first kappa shape index (κ1) is 10.6. The van der Waals surface area contributed by atoms with Crippen LogP contribution in [0.4, 0.5) is 0 Å². The second-order valence-corrected chi connectivity index (χ2v) is 4.32. The first-order chi connectivity index (χ1) is 7.18.